The lowest BCUT2D eigenvalue weighted by molar-refractivity contribution is -0.123. The molecule has 3 fully saturated rings. The maximum absolute atomic E-state index is 14.0. The second-order valence-corrected chi connectivity index (χ2v) is 13.7. The predicted octanol–water partition coefficient (Wildman–Crippen LogP) is 5.14. The fourth-order valence-electron chi connectivity index (χ4n) is 8.09. The second kappa shape index (κ2) is 10.4. The van der Waals surface area contributed by atoms with Crippen molar-refractivity contribution in [2.24, 2.45) is 29.6 Å². The number of rotatable bonds is 7. The first-order valence-corrected chi connectivity index (χ1v) is 16.4. The van der Waals surface area contributed by atoms with E-state index < -0.39 is 5.97 Å². The summed E-state index contributed by atoms with van der Waals surface area (Å²) in [6.45, 7) is 8.17. The van der Waals surface area contributed by atoms with Crippen molar-refractivity contribution in [2.75, 3.05) is 29.5 Å². The summed E-state index contributed by atoms with van der Waals surface area (Å²) in [5, 5.41) is 1.06. The number of fused-ring (bicyclic) bond motifs is 9. The zero-order valence-corrected chi connectivity index (χ0v) is 25.4. The van der Waals surface area contributed by atoms with E-state index in [9.17, 15) is 19.2 Å². The van der Waals surface area contributed by atoms with Crippen molar-refractivity contribution in [3.8, 4) is 0 Å². The molecule has 7 atom stereocenters. The summed E-state index contributed by atoms with van der Waals surface area (Å²) >= 11 is 2.98. The highest BCUT2D eigenvalue weighted by Gasteiger charge is 2.69. The second-order valence-electron chi connectivity index (χ2n) is 11.5. The highest BCUT2D eigenvalue weighted by Crippen LogP contribution is 2.68. The molecule has 2 aliphatic carbocycles. The van der Waals surface area contributed by atoms with Crippen LogP contribution in [0.15, 0.2) is 58.4 Å². The number of imide groups is 1. The van der Waals surface area contributed by atoms with E-state index in [0.717, 1.165) is 35.0 Å². The summed E-state index contributed by atoms with van der Waals surface area (Å²) in [5.74, 6) is -1.19. The molecular weight excluding hydrogens is 571 g/mol. The van der Waals surface area contributed by atoms with Gasteiger partial charge in [-0.1, -0.05) is 23.5 Å². The van der Waals surface area contributed by atoms with Gasteiger partial charge in [0, 0.05) is 34.8 Å². The monoisotopic (exact) mass is 603 g/mol. The van der Waals surface area contributed by atoms with Crippen molar-refractivity contribution in [2.45, 2.75) is 43.4 Å². The van der Waals surface area contributed by atoms with E-state index in [2.05, 4.69) is 48.0 Å². The molecule has 2 amide bonds. The molecule has 2 bridgehead atoms. The van der Waals surface area contributed by atoms with Gasteiger partial charge in [0.25, 0.3) is 0 Å². The number of nitrogens with zero attached hydrogens (tertiary/aromatic N) is 2. The molecule has 218 valence electrons. The summed E-state index contributed by atoms with van der Waals surface area (Å²) in [6.07, 6.45) is 0.845. The van der Waals surface area contributed by atoms with Gasteiger partial charge in [0.15, 0.2) is 0 Å². The van der Waals surface area contributed by atoms with E-state index in [1.165, 1.54) is 21.9 Å². The van der Waals surface area contributed by atoms with E-state index in [4.69, 9.17) is 4.74 Å². The van der Waals surface area contributed by atoms with Gasteiger partial charge in [0.2, 0.25) is 11.8 Å². The normalized spacial score (nSPS) is 28.9. The Labute approximate surface area is 252 Å². The molecule has 3 aromatic rings. The molecular formula is C32H33N3O5S2. The number of benzene rings is 2. The van der Waals surface area contributed by atoms with Crippen LogP contribution in [0.3, 0.4) is 0 Å². The van der Waals surface area contributed by atoms with Crippen LogP contribution in [-0.4, -0.2) is 47.7 Å². The van der Waals surface area contributed by atoms with Crippen molar-refractivity contribution in [3.63, 3.8) is 0 Å². The molecule has 7 rings (SSSR count). The lowest BCUT2D eigenvalue weighted by Crippen LogP contribution is -2.42. The van der Waals surface area contributed by atoms with Gasteiger partial charge >= 0.3 is 10.8 Å². The Kier molecular flexibility index (Phi) is 6.81. The Balaban J connectivity index is 1.23. The number of esters is 1. The van der Waals surface area contributed by atoms with Gasteiger partial charge in [-0.2, -0.15) is 0 Å². The molecule has 42 heavy (non-hydrogen) atoms. The summed E-state index contributed by atoms with van der Waals surface area (Å²) in [5.41, 5.74) is 3.21. The first-order chi connectivity index (χ1) is 20.4. The first kappa shape index (κ1) is 27.5. The quantitative estimate of drug-likeness (QED) is 0.295. The maximum Gasteiger partial charge on any atom is 0.338 e. The van der Waals surface area contributed by atoms with Gasteiger partial charge in [-0.25, -0.2) is 4.79 Å². The largest absolute Gasteiger partial charge is 0.462 e. The van der Waals surface area contributed by atoms with E-state index in [0.29, 0.717) is 11.3 Å². The number of H-pyrrole nitrogens is 1. The lowest BCUT2D eigenvalue weighted by Gasteiger charge is -2.43. The molecule has 3 heterocycles. The Hall–Kier alpha value is -3.37. The van der Waals surface area contributed by atoms with Gasteiger partial charge in [0.1, 0.15) is 0 Å². The number of anilines is 2. The van der Waals surface area contributed by atoms with Crippen LogP contribution >= 0.6 is 23.1 Å². The van der Waals surface area contributed by atoms with Crippen molar-refractivity contribution in [1.29, 1.82) is 0 Å². The number of amides is 2. The van der Waals surface area contributed by atoms with E-state index >= 15 is 0 Å². The summed E-state index contributed by atoms with van der Waals surface area (Å²) in [6, 6.07) is 15.2. The minimum absolute atomic E-state index is 0.00211. The number of thioether (sulfide) groups is 1. The minimum Gasteiger partial charge on any atom is -0.462 e. The number of ether oxygens (including phenoxy) is 1. The van der Waals surface area contributed by atoms with E-state index in [1.54, 1.807) is 43.0 Å². The lowest BCUT2D eigenvalue weighted by atomic mass is 9.68. The predicted molar refractivity (Wildman–Crippen MR) is 163 cm³/mol. The van der Waals surface area contributed by atoms with Crippen molar-refractivity contribution >= 4 is 52.3 Å². The standard InChI is InChI=1S/C32H33N3O5S2/c1-4-34(5-2)18-11-7-16(8-12-18)22-23-20-15-21(26(23)41-28-27(22)42-32(39)33-28)25-24(20)29(36)35(30(25)37)19-13-9-17(10-14-19)31(38)40-6-3/h7-14,20-26H,4-6,15H2,1-3H3,(H,33,39)/t20-,21-,22+,23+,24+,25+,26-/m1/s1. The molecule has 2 aliphatic heterocycles. The molecule has 10 heteroatoms. The minimum atomic E-state index is -0.430. The van der Waals surface area contributed by atoms with Crippen LogP contribution in [0.25, 0.3) is 0 Å². The molecule has 2 saturated carbocycles. The molecule has 4 aliphatic rings. The number of hydrogen-bond donors (Lipinski definition) is 1. The van der Waals surface area contributed by atoms with Gasteiger partial charge < -0.3 is 14.6 Å². The van der Waals surface area contributed by atoms with Gasteiger partial charge in [-0.05, 0) is 86.9 Å². The fraction of sp³-hybridized carbons (Fsp3) is 0.438. The third-order valence-corrected chi connectivity index (χ3v) is 12.3. The third-order valence-electron chi connectivity index (χ3n) is 9.74. The molecule has 2 aromatic carbocycles. The molecule has 1 N–H and O–H groups in total. The van der Waals surface area contributed by atoms with Crippen LogP contribution in [0, 0.1) is 29.6 Å². The highest BCUT2D eigenvalue weighted by molar-refractivity contribution is 8.00. The molecule has 0 unspecified atom stereocenters. The van der Waals surface area contributed by atoms with Crippen molar-refractivity contribution in [3.05, 3.63) is 74.2 Å². The van der Waals surface area contributed by atoms with Crippen molar-refractivity contribution in [1.82, 2.24) is 4.98 Å². The number of aromatic nitrogens is 1. The van der Waals surface area contributed by atoms with Crippen LogP contribution in [0.5, 0.6) is 0 Å². The summed E-state index contributed by atoms with van der Waals surface area (Å²) < 4.78 is 5.08. The average Bonchev–Trinajstić information content (AvgIpc) is 3.73. The van der Waals surface area contributed by atoms with Crippen LogP contribution in [0.1, 0.15) is 53.9 Å². The van der Waals surface area contributed by atoms with Gasteiger partial charge in [0.05, 0.1) is 34.7 Å². The number of hydrogen-bond acceptors (Lipinski definition) is 8. The van der Waals surface area contributed by atoms with Crippen LogP contribution in [-0.2, 0) is 14.3 Å². The van der Waals surface area contributed by atoms with E-state index in [1.807, 2.05) is 0 Å². The number of carbonyl (C=O) groups is 3. The molecule has 1 aromatic heterocycles. The number of carbonyl (C=O) groups excluding carboxylic acids is 3. The Morgan fingerprint density at radius 1 is 0.952 bits per heavy atom. The smallest absolute Gasteiger partial charge is 0.338 e. The zero-order valence-electron chi connectivity index (χ0n) is 23.7. The maximum atomic E-state index is 14.0. The fourth-order valence-corrected chi connectivity index (χ4v) is 11.0. The molecule has 0 spiro atoms. The number of nitrogens with one attached hydrogen (secondary N) is 1. The van der Waals surface area contributed by atoms with Crippen molar-refractivity contribution < 1.29 is 19.1 Å². The number of thiazole rings is 1. The Bertz CT molecular complexity index is 1610. The molecule has 8 nitrogen and oxygen atoms in total. The van der Waals surface area contributed by atoms with E-state index in [-0.39, 0.29) is 64.1 Å². The summed E-state index contributed by atoms with van der Waals surface area (Å²) in [7, 11) is 0. The third kappa shape index (κ3) is 4.01. The average molecular weight is 604 g/mol. The highest BCUT2D eigenvalue weighted by atomic mass is 32.2. The molecule has 0 radical (unpaired) electrons. The Morgan fingerprint density at radius 2 is 1.62 bits per heavy atom. The van der Waals surface area contributed by atoms with Gasteiger partial charge in [-0.15, -0.1) is 11.8 Å². The van der Waals surface area contributed by atoms with Crippen LogP contribution in [0.4, 0.5) is 11.4 Å². The Morgan fingerprint density at radius 3 is 2.26 bits per heavy atom. The summed E-state index contributed by atoms with van der Waals surface area (Å²) in [4.78, 5) is 60.3. The number of aromatic amines is 1. The molecule has 1 saturated heterocycles. The topological polar surface area (TPSA) is 99.8 Å². The first-order valence-electron chi connectivity index (χ1n) is 14.8. The van der Waals surface area contributed by atoms with Gasteiger partial charge in [-0.3, -0.25) is 19.3 Å². The van der Waals surface area contributed by atoms with Crippen LogP contribution < -0.4 is 14.7 Å². The zero-order chi connectivity index (χ0) is 29.3. The SMILES string of the molecule is CCOC(=O)c1ccc(N2C(=O)[C@H]3[C@H]4C[C@@H]([C@@H]3C2=O)[C@H]2[C@H](c3ccc(N(CC)CC)cc3)c3sc(=O)[nH]c3S[C@H]42)cc1. The van der Waals surface area contributed by atoms with Crippen LogP contribution in [0.2, 0.25) is 0 Å².